The molecule has 3 aromatic rings. The van der Waals surface area contributed by atoms with Gasteiger partial charge in [0.1, 0.15) is 5.75 Å². The van der Waals surface area contributed by atoms with Crippen molar-refractivity contribution >= 4 is 28.0 Å². The van der Waals surface area contributed by atoms with E-state index in [1.165, 1.54) is 5.56 Å². The molecule has 0 bridgehead atoms. The number of hydrogen-bond acceptors (Lipinski definition) is 3. The van der Waals surface area contributed by atoms with Gasteiger partial charge < -0.3 is 10.0 Å². The topological polar surface area (TPSA) is 40.5 Å². The smallest absolute Gasteiger partial charge is 0.257 e. The number of rotatable bonds is 3. The second-order valence-corrected chi connectivity index (χ2v) is 6.41. The zero-order valence-electron chi connectivity index (χ0n) is 12.5. The third-order valence-corrected chi connectivity index (χ3v) is 4.80. The van der Waals surface area contributed by atoms with E-state index in [9.17, 15) is 9.90 Å². The van der Waals surface area contributed by atoms with Crippen LogP contribution in [0.2, 0.25) is 0 Å². The van der Waals surface area contributed by atoms with E-state index in [2.05, 4.69) is 0 Å². The fraction of sp³-hybridized carbons (Fsp3) is 0.167. The van der Waals surface area contributed by atoms with Gasteiger partial charge in [-0.15, -0.1) is 11.3 Å². The predicted molar refractivity (Wildman–Crippen MR) is 90.5 cm³/mol. The lowest BCUT2D eigenvalue weighted by molar-refractivity contribution is 0.0783. The summed E-state index contributed by atoms with van der Waals surface area (Å²) in [5.41, 5.74) is 1.53. The molecule has 112 valence electrons. The van der Waals surface area contributed by atoms with Crippen LogP contribution in [0.15, 0.2) is 47.8 Å². The van der Waals surface area contributed by atoms with Crippen LogP contribution in [0.25, 0.3) is 10.8 Å². The predicted octanol–water partition coefficient (Wildman–Crippen LogP) is 4.19. The van der Waals surface area contributed by atoms with Crippen LogP contribution < -0.4 is 0 Å². The molecule has 0 aliphatic carbocycles. The lowest BCUT2D eigenvalue weighted by Gasteiger charge is -2.18. The molecule has 4 heteroatoms. The van der Waals surface area contributed by atoms with Crippen molar-refractivity contribution in [3.8, 4) is 5.75 Å². The number of benzene rings is 2. The molecule has 3 nitrogen and oxygen atoms in total. The molecule has 1 N–H and O–H groups in total. The summed E-state index contributed by atoms with van der Waals surface area (Å²) in [6.45, 7) is 2.59. The van der Waals surface area contributed by atoms with Crippen LogP contribution in [0.5, 0.6) is 5.75 Å². The first-order chi connectivity index (χ1) is 10.6. The first-order valence-corrected chi connectivity index (χ1v) is 7.94. The quantitative estimate of drug-likeness (QED) is 0.788. The van der Waals surface area contributed by atoms with Crippen LogP contribution >= 0.6 is 11.3 Å². The Morgan fingerprint density at radius 1 is 1.18 bits per heavy atom. The van der Waals surface area contributed by atoms with Gasteiger partial charge in [-0.05, 0) is 46.8 Å². The summed E-state index contributed by atoms with van der Waals surface area (Å²) in [7, 11) is 1.76. The van der Waals surface area contributed by atoms with Gasteiger partial charge in [0.2, 0.25) is 0 Å². The molecule has 0 atom stereocenters. The molecule has 0 saturated heterocycles. The number of thiophene rings is 1. The highest BCUT2D eigenvalue weighted by atomic mass is 32.1. The second kappa shape index (κ2) is 5.81. The van der Waals surface area contributed by atoms with Crippen LogP contribution in [0.1, 0.15) is 20.8 Å². The number of phenolic OH excluding ortho intramolecular Hbond substituents is 1. The zero-order chi connectivity index (χ0) is 15.7. The van der Waals surface area contributed by atoms with Gasteiger partial charge in [0.25, 0.3) is 5.91 Å². The van der Waals surface area contributed by atoms with Gasteiger partial charge in [-0.25, -0.2) is 0 Å². The average Bonchev–Trinajstić information content (AvgIpc) is 2.91. The van der Waals surface area contributed by atoms with Crippen LogP contribution in [-0.2, 0) is 6.54 Å². The Kier molecular flexibility index (Phi) is 3.86. The lowest BCUT2D eigenvalue weighted by atomic mass is 10.0. The summed E-state index contributed by atoms with van der Waals surface area (Å²) in [6, 6.07) is 13.1. The van der Waals surface area contributed by atoms with E-state index in [1.807, 2.05) is 42.6 Å². The molecule has 0 unspecified atom stereocenters. The van der Waals surface area contributed by atoms with Crippen LogP contribution in [-0.4, -0.2) is 23.0 Å². The van der Waals surface area contributed by atoms with Crippen molar-refractivity contribution in [1.82, 2.24) is 4.90 Å². The van der Waals surface area contributed by atoms with Crippen molar-refractivity contribution in [2.75, 3.05) is 7.05 Å². The Labute approximate surface area is 133 Å². The van der Waals surface area contributed by atoms with Crippen molar-refractivity contribution < 1.29 is 9.90 Å². The maximum absolute atomic E-state index is 12.6. The van der Waals surface area contributed by atoms with E-state index in [1.54, 1.807) is 35.4 Å². The van der Waals surface area contributed by atoms with E-state index < -0.39 is 0 Å². The number of hydrogen-bond donors (Lipinski definition) is 1. The van der Waals surface area contributed by atoms with Crippen LogP contribution in [0.4, 0.5) is 0 Å². The third kappa shape index (κ3) is 2.70. The summed E-state index contributed by atoms with van der Waals surface area (Å²) in [6.07, 6.45) is 0. The molecule has 1 amide bonds. The minimum Gasteiger partial charge on any atom is -0.507 e. The monoisotopic (exact) mass is 311 g/mol. The molecule has 0 fully saturated rings. The first-order valence-electron chi connectivity index (χ1n) is 7.06. The fourth-order valence-electron chi connectivity index (χ4n) is 2.46. The van der Waals surface area contributed by atoms with Gasteiger partial charge in [0.05, 0.1) is 12.1 Å². The normalized spacial score (nSPS) is 10.8. The van der Waals surface area contributed by atoms with E-state index in [-0.39, 0.29) is 11.7 Å². The Bertz CT molecular complexity index is 838. The minimum atomic E-state index is -0.170. The van der Waals surface area contributed by atoms with Crippen molar-refractivity contribution in [3.05, 3.63) is 63.8 Å². The third-order valence-electron chi connectivity index (χ3n) is 3.79. The van der Waals surface area contributed by atoms with Crippen molar-refractivity contribution in [3.63, 3.8) is 0 Å². The number of fused-ring (bicyclic) bond motifs is 1. The molecule has 0 saturated carbocycles. The summed E-state index contributed by atoms with van der Waals surface area (Å²) in [4.78, 5) is 15.4. The fourth-order valence-corrected chi connectivity index (χ4v) is 3.42. The molecule has 0 aliphatic rings. The number of phenols is 1. The highest BCUT2D eigenvalue weighted by Crippen LogP contribution is 2.27. The molecule has 22 heavy (non-hydrogen) atoms. The number of aromatic hydroxyl groups is 1. The van der Waals surface area contributed by atoms with E-state index in [4.69, 9.17) is 0 Å². The highest BCUT2D eigenvalue weighted by molar-refractivity contribution is 7.10. The molecular weight excluding hydrogens is 294 g/mol. The number of carbonyl (C=O) groups is 1. The number of amides is 1. The first kappa shape index (κ1) is 14.6. The van der Waals surface area contributed by atoms with Gasteiger partial charge in [-0.2, -0.15) is 0 Å². The lowest BCUT2D eigenvalue weighted by Crippen LogP contribution is -2.26. The van der Waals surface area contributed by atoms with Crippen molar-refractivity contribution in [2.24, 2.45) is 0 Å². The second-order valence-electron chi connectivity index (χ2n) is 5.40. The SMILES string of the molecule is Cc1ccsc1CN(C)C(=O)c1cc2ccccc2cc1O. The molecular formula is C18H17NO2S. The summed E-state index contributed by atoms with van der Waals surface area (Å²) in [5, 5.41) is 14.1. The Morgan fingerprint density at radius 2 is 1.86 bits per heavy atom. The number of carbonyl (C=O) groups excluding carboxylic acids is 1. The van der Waals surface area contributed by atoms with E-state index in [0.29, 0.717) is 12.1 Å². The number of aryl methyl sites for hydroxylation is 1. The molecule has 1 aromatic heterocycles. The largest absolute Gasteiger partial charge is 0.507 e. The minimum absolute atomic E-state index is 0.0263. The summed E-state index contributed by atoms with van der Waals surface area (Å²) < 4.78 is 0. The van der Waals surface area contributed by atoms with Crippen molar-refractivity contribution in [2.45, 2.75) is 13.5 Å². The Morgan fingerprint density at radius 3 is 2.50 bits per heavy atom. The van der Waals surface area contributed by atoms with Gasteiger partial charge in [0, 0.05) is 11.9 Å². The maximum atomic E-state index is 12.6. The zero-order valence-corrected chi connectivity index (χ0v) is 13.4. The van der Waals surface area contributed by atoms with Gasteiger partial charge in [0.15, 0.2) is 0 Å². The average molecular weight is 311 g/mol. The maximum Gasteiger partial charge on any atom is 0.257 e. The molecule has 2 aromatic carbocycles. The van der Waals surface area contributed by atoms with Gasteiger partial charge in [-0.3, -0.25) is 4.79 Å². The summed E-state index contributed by atoms with van der Waals surface area (Å²) in [5.74, 6) is -0.144. The Balaban J connectivity index is 1.91. The number of nitrogens with zero attached hydrogens (tertiary/aromatic N) is 1. The highest BCUT2D eigenvalue weighted by Gasteiger charge is 2.17. The molecule has 0 radical (unpaired) electrons. The van der Waals surface area contributed by atoms with Crippen molar-refractivity contribution in [1.29, 1.82) is 0 Å². The molecule has 0 aliphatic heterocycles. The molecule has 1 heterocycles. The molecule has 0 spiro atoms. The molecule has 3 rings (SSSR count). The van der Waals surface area contributed by atoms with E-state index >= 15 is 0 Å². The van der Waals surface area contributed by atoms with Gasteiger partial charge in [-0.1, -0.05) is 24.3 Å². The summed E-state index contributed by atoms with van der Waals surface area (Å²) >= 11 is 1.64. The standard InChI is InChI=1S/C18H17NO2S/c1-12-7-8-22-17(12)11-19(2)18(21)15-9-13-5-3-4-6-14(13)10-16(15)20/h3-10,20H,11H2,1-2H3. The van der Waals surface area contributed by atoms with Gasteiger partial charge >= 0.3 is 0 Å². The van der Waals surface area contributed by atoms with Crippen LogP contribution in [0.3, 0.4) is 0 Å². The Hall–Kier alpha value is -2.33. The van der Waals surface area contributed by atoms with Crippen LogP contribution in [0, 0.1) is 6.92 Å². The van der Waals surface area contributed by atoms with E-state index in [0.717, 1.165) is 15.6 Å².